The van der Waals surface area contributed by atoms with E-state index in [4.69, 9.17) is 4.98 Å². The van der Waals surface area contributed by atoms with Gasteiger partial charge in [-0.15, -0.1) is 11.3 Å². The Bertz CT molecular complexity index is 910. The molecule has 5 rings (SSSR count). The average Bonchev–Trinajstić information content (AvgIpc) is 3.23. The largest absolute Gasteiger partial charge is 0.355 e. The van der Waals surface area contributed by atoms with Crippen molar-refractivity contribution < 1.29 is 0 Å². The molecule has 1 saturated carbocycles. The molecule has 5 nitrogen and oxygen atoms in total. The van der Waals surface area contributed by atoms with E-state index in [1.165, 1.54) is 48.2 Å². The van der Waals surface area contributed by atoms with Gasteiger partial charge in [0.1, 0.15) is 22.8 Å². The van der Waals surface area contributed by atoms with E-state index in [1.807, 2.05) is 6.20 Å². The third-order valence-electron chi connectivity index (χ3n) is 5.94. The molecule has 0 N–H and O–H groups in total. The van der Waals surface area contributed by atoms with Crippen molar-refractivity contribution in [3.8, 4) is 0 Å². The number of imidazole rings is 1. The summed E-state index contributed by atoms with van der Waals surface area (Å²) in [6.07, 6.45) is 12.4. The molecular formula is C20H25N5S. The summed E-state index contributed by atoms with van der Waals surface area (Å²) in [6.45, 7) is 5.36. The normalized spacial score (nSPS) is 21.3. The molecule has 0 spiro atoms. The summed E-state index contributed by atoms with van der Waals surface area (Å²) in [5.74, 6) is 3.72. The highest BCUT2D eigenvalue weighted by atomic mass is 32.1. The zero-order chi connectivity index (χ0) is 17.5. The van der Waals surface area contributed by atoms with Crippen molar-refractivity contribution in [2.45, 2.75) is 51.5 Å². The molecule has 2 fully saturated rings. The Balaban J connectivity index is 1.40. The van der Waals surface area contributed by atoms with Crippen LogP contribution in [-0.4, -0.2) is 32.6 Å². The third-order valence-corrected chi connectivity index (χ3v) is 6.90. The lowest BCUT2D eigenvalue weighted by atomic mass is 9.85. The quantitative estimate of drug-likeness (QED) is 0.686. The van der Waals surface area contributed by atoms with Crippen molar-refractivity contribution in [3.05, 3.63) is 35.5 Å². The molecule has 0 aromatic carbocycles. The second kappa shape index (κ2) is 6.65. The van der Waals surface area contributed by atoms with Gasteiger partial charge in [0.05, 0.1) is 5.39 Å². The number of aryl methyl sites for hydroxylation is 1. The van der Waals surface area contributed by atoms with E-state index >= 15 is 0 Å². The van der Waals surface area contributed by atoms with E-state index in [1.54, 1.807) is 17.7 Å². The molecule has 1 atom stereocenters. The lowest BCUT2D eigenvalue weighted by molar-refractivity contribution is 0.270. The van der Waals surface area contributed by atoms with Crippen LogP contribution < -0.4 is 4.90 Å². The van der Waals surface area contributed by atoms with Gasteiger partial charge in [-0.3, -0.25) is 0 Å². The number of fused-ring (bicyclic) bond motifs is 1. The Morgan fingerprint density at radius 1 is 1.15 bits per heavy atom. The van der Waals surface area contributed by atoms with Gasteiger partial charge in [0.2, 0.25) is 0 Å². The maximum absolute atomic E-state index is 4.75. The zero-order valence-electron chi connectivity index (χ0n) is 15.3. The van der Waals surface area contributed by atoms with Gasteiger partial charge in [0.25, 0.3) is 0 Å². The third kappa shape index (κ3) is 2.90. The molecule has 2 aliphatic rings. The van der Waals surface area contributed by atoms with Crippen LogP contribution >= 0.6 is 11.3 Å². The van der Waals surface area contributed by atoms with Gasteiger partial charge in [-0.2, -0.15) is 0 Å². The van der Waals surface area contributed by atoms with Gasteiger partial charge in [-0.05, 0) is 44.6 Å². The minimum Gasteiger partial charge on any atom is -0.355 e. The zero-order valence-corrected chi connectivity index (χ0v) is 16.1. The number of hydrogen-bond donors (Lipinski definition) is 0. The summed E-state index contributed by atoms with van der Waals surface area (Å²) in [5, 5.41) is 1.20. The molecule has 3 aromatic heterocycles. The fraction of sp³-hybridized carbons (Fsp3) is 0.550. The number of rotatable bonds is 4. The first-order chi connectivity index (χ1) is 12.8. The van der Waals surface area contributed by atoms with Crippen molar-refractivity contribution >= 4 is 27.4 Å². The molecular weight excluding hydrogens is 342 g/mol. The molecule has 1 saturated heterocycles. The first kappa shape index (κ1) is 16.2. The highest BCUT2D eigenvalue weighted by Gasteiger charge is 2.28. The minimum absolute atomic E-state index is 0.489. The van der Waals surface area contributed by atoms with Crippen molar-refractivity contribution in [2.24, 2.45) is 5.92 Å². The second-order valence-electron chi connectivity index (χ2n) is 7.79. The SMILES string of the molecule is Cc1cc2c(N3CCCC(c4nccn4CC4CCC4)C3)ncnc2s1. The molecule has 1 aliphatic carbocycles. The number of anilines is 1. The average molecular weight is 368 g/mol. The molecule has 6 heteroatoms. The van der Waals surface area contributed by atoms with Gasteiger partial charge in [-0.25, -0.2) is 15.0 Å². The van der Waals surface area contributed by atoms with E-state index in [2.05, 4.69) is 38.6 Å². The molecule has 26 heavy (non-hydrogen) atoms. The Kier molecular flexibility index (Phi) is 4.15. The minimum atomic E-state index is 0.489. The van der Waals surface area contributed by atoms with E-state index in [9.17, 15) is 0 Å². The number of nitrogens with zero attached hydrogens (tertiary/aromatic N) is 5. The van der Waals surface area contributed by atoms with Crippen LogP contribution in [0.4, 0.5) is 5.82 Å². The lowest BCUT2D eigenvalue weighted by Gasteiger charge is -2.34. The Morgan fingerprint density at radius 3 is 2.92 bits per heavy atom. The molecule has 3 aromatic rings. The monoisotopic (exact) mass is 367 g/mol. The molecule has 4 heterocycles. The van der Waals surface area contributed by atoms with Gasteiger partial charge >= 0.3 is 0 Å². The van der Waals surface area contributed by atoms with Crippen LogP contribution in [0.25, 0.3) is 10.2 Å². The molecule has 1 unspecified atom stereocenters. The summed E-state index contributed by atoms with van der Waals surface area (Å²) < 4.78 is 2.42. The maximum atomic E-state index is 4.75. The van der Waals surface area contributed by atoms with Crippen LogP contribution in [-0.2, 0) is 6.54 Å². The molecule has 136 valence electrons. The molecule has 0 amide bonds. The van der Waals surface area contributed by atoms with Crippen LogP contribution in [0.15, 0.2) is 24.8 Å². The van der Waals surface area contributed by atoms with Crippen molar-refractivity contribution in [1.29, 1.82) is 0 Å². The van der Waals surface area contributed by atoms with E-state index in [0.29, 0.717) is 5.92 Å². The molecule has 0 bridgehead atoms. The number of thiophene rings is 1. The Morgan fingerprint density at radius 2 is 2.08 bits per heavy atom. The van der Waals surface area contributed by atoms with Crippen LogP contribution in [0, 0.1) is 12.8 Å². The topological polar surface area (TPSA) is 46.8 Å². The Hall–Kier alpha value is -1.95. The highest BCUT2D eigenvalue weighted by molar-refractivity contribution is 7.18. The van der Waals surface area contributed by atoms with Crippen LogP contribution in [0.2, 0.25) is 0 Å². The van der Waals surface area contributed by atoms with Gasteiger partial charge in [0, 0.05) is 42.8 Å². The fourth-order valence-corrected chi connectivity index (χ4v) is 5.23. The summed E-state index contributed by atoms with van der Waals surface area (Å²) in [4.78, 5) is 18.7. The summed E-state index contributed by atoms with van der Waals surface area (Å²) >= 11 is 1.75. The Labute approximate surface area is 158 Å². The number of hydrogen-bond acceptors (Lipinski definition) is 5. The van der Waals surface area contributed by atoms with E-state index < -0.39 is 0 Å². The fourth-order valence-electron chi connectivity index (χ4n) is 4.38. The smallest absolute Gasteiger partial charge is 0.140 e. The van der Waals surface area contributed by atoms with Gasteiger partial charge < -0.3 is 9.47 Å². The standard InChI is InChI=1S/C20H25N5S/c1-14-10-17-19(22-13-23-20(17)26-14)24-8-3-6-16(12-24)18-21-7-9-25(18)11-15-4-2-5-15/h7,9-10,13,15-16H,2-6,8,11-12H2,1H3. The summed E-state index contributed by atoms with van der Waals surface area (Å²) in [7, 11) is 0. The van der Waals surface area contributed by atoms with Crippen LogP contribution in [0.5, 0.6) is 0 Å². The van der Waals surface area contributed by atoms with Gasteiger partial charge in [-0.1, -0.05) is 6.42 Å². The molecule has 0 radical (unpaired) electrons. The van der Waals surface area contributed by atoms with Crippen molar-refractivity contribution in [1.82, 2.24) is 19.5 Å². The maximum Gasteiger partial charge on any atom is 0.140 e. The number of aromatic nitrogens is 4. The first-order valence-corrected chi connectivity index (χ1v) is 10.6. The summed E-state index contributed by atoms with van der Waals surface area (Å²) in [5.41, 5.74) is 0. The second-order valence-corrected chi connectivity index (χ2v) is 9.03. The van der Waals surface area contributed by atoms with Crippen LogP contribution in [0.1, 0.15) is 48.7 Å². The predicted octanol–water partition coefficient (Wildman–Crippen LogP) is 4.38. The molecule has 1 aliphatic heterocycles. The van der Waals surface area contributed by atoms with Crippen molar-refractivity contribution in [2.75, 3.05) is 18.0 Å². The summed E-state index contributed by atoms with van der Waals surface area (Å²) in [6, 6.07) is 2.23. The highest BCUT2D eigenvalue weighted by Crippen LogP contribution is 2.35. The number of piperidine rings is 1. The van der Waals surface area contributed by atoms with Gasteiger partial charge in [0.15, 0.2) is 0 Å². The first-order valence-electron chi connectivity index (χ1n) is 9.75. The van der Waals surface area contributed by atoms with Crippen LogP contribution in [0.3, 0.4) is 0 Å². The van der Waals surface area contributed by atoms with Crippen molar-refractivity contribution in [3.63, 3.8) is 0 Å². The van der Waals surface area contributed by atoms with E-state index in [0.717, 1.165) is 36.2 Å². The predicted molar refractivity (Wildman–Crippen MR) is 106 cm³/mol. The lowest BCUT2D eigenvalue weighted by Crippen LogP contribution is -2.36. The van der Waals surface area contributed by atoms with E-state index in [-0.39, 0.29) is 0 Å².